The molecule has 142 valence electrons. The average Bonchev–Trinajstić information content (AvgIpc) is 3.18. The van der Waals surface area contributed by atoms with E-state index in [1.165, 1.54) is 29.4 Å². The molecule has 0 atom stereocenters. The monoisotopic (exact) mass is 384 g/mol. The van der Waals surface area contributed by atoms with Crippen molar-refractivity contribution in [3.63, 3.8) is 0 Å². The van der Waals surface area contributed by atoms with Gasteiger partial charge in [-0.05, 0) is 36.4 Å². The Hall–Kier alpha value is -3.68. The Bertz CT molecular complexity index is 1050. The second-order valence-electron chi connectivity index (χ2n) is 6.11. The van der Waals surface area contributed by atoms with Crippen LogP contribution < -0.4 is 10.4 Å². The highest BCUT2D eigenvalue weighted by Crippen LogP contribution is 2.32. The predicted octanol–water partition coefficient (Wildman–Crippen LogP) is 4.66. The summed E-state index contributed by atoms with van der Waals surface area (Å²) in [5, 5.41) is 15.8. The molecule has 2 aromatic carbocycles. The maximum Gasteiger partial charge on any atom is 0.416 e. The summed E-state index contributed by atoms with van der Waals surface area (Å²) in [6, 6.07) is 16.0. The van der Waals surface area contributed by atoms with E-state index in [0.717, 1.165) is 17.8 Å². The van der Waals surface area contributed by atoms with Gasteiger partial charge in [0.15, 0.2) is 0 Å². The standard InChI is InChI=1S/C20H15F3N4O/c21-20(22,23)14-5-4-8-16(11-14)26-13-17(28)12-18(25-26)19-9-10-24-27(19)15-6-2-1-3-7-15/h1-13,25,28H. The zero-order valence-electron chi connectivity index (χ0n) is 14.4. The summed E-state index contributed by atoms with van der Waals surface area (Å²) < 4.78 is 40.7. The van der Waals surface area contributed by atoms with Crippen LogP contribution in [0.5, 0.6) is 0 Å². The smallest absolute Gasteiger partial charge is 0.416 e. The lowest BCUT2D eigenvalue weighted by Gasteiger charge is -2.28. The highest BCUT2D eigenvalue weighted by Gasteiger charge is 2.31. The third kappa shape index (κ3) is 3.44. The molecule has 4 rings (SSSR count). The van der Waals surface area contributed by atoms with Gasteiger partial charge in [0.05, 0.1) is 40.7 Å². The number of alkyl halides is 3. The molecule has 0 fully saturated rings. The molecule has 0 radical (unpaired) electrons. The molecule has 8 heteroatoms. The molecule has 0 aliphatic carbocycles. The summed E-state index contributed by atoms with van der Waals surface area (Å²) in [5.41, 5.74) is 4.42. The molecule has 0 spiro atoms. The lowest BCUT2D eigenvalue weighted by molar-refractivity contribution is -0.137. The number of rotatable bonds is 3. The van der Waals surface area contributed by atoms with Crippen molar-refractivity contribution in [2.45, 2.75) is 6.18 Å². The predicted molar refractivity (Wildman–Crippen MR) is 99.3 cm³/mol. The molecule has 1 aliphatic heterocycles. The summed E-state index contributed by atoms with van der Waals surface area (Å²) in [7, 11) is 0. The van der Waals surface area contributed by atoms with Crippen molar-refractivity contribution in [1.82, 2.24) is 15.2 Å². The van der Waals surface area contributed by atoms with E-state index in [0.29, 0.717) is 11.4 Å². The van der Waals surface area contributed by atoms with Gasteiger partial charge in [0, 0.05) is 6.08 Å². The first-order chi connectivity index (χ1) is 13.4. The van der Waals surface area contributed by atoms with Crippen LogP contribution >= 0.6 is 0 Å². The second kappa shape index (κ2) is 6.80. The number of nitrogens with one attached hydrogen (secondary N) is 1. The van der Waals surface area contributed by atoms with Gasteiger partial charge in [-0.15, -0.1) is 0 Å². The molecule has 5 nitrogen and oxygen atoms in total. The first kappa shape index (κ1) is 17.7. The van der Waals surface area contributed by atoms with Crippen molar-refractivity contribution in [3.05, 3.63) is 96.2 Å². The maximum absolute atomic E-state index is 13.0. The number of nitrogens with zero attached hydrogens (tertiary/aromatic N) is 3. The van der Waals surface area contributed by atoms with Crippen LogP contribution in [-0.2, 0) is 6.18 Å². The number of anilines is 1. The van der Waals surface area contributed by atoms with Crippen molar-refractivity contribution in [2.75, 3.05) is 5.01 Å². The molecule has 0 amide bonds. The van der Waals surface area contributed by atoms with E-state index in [-0.39, 0.29) is 11.4 Å². The van der Waals surface area contributed by atoms with E-state index in [4.69, 9.17) is 0 Å². The molecule has 0 unspecified atom stereocenters. The fourth-order valence-corrected chi connectivity index (χ4v) is 2.90. The summed E-state index contributed by atoms with van der Waals surface area (Å²) in [6.07, 6.45) is -0.0558. The number of benzene rings is 2. The molecule has 1 aromatic heterocycles. The first-order valence-corrected chi connectivity index (χ1v) is 8.37. The Labute approximate surface area is 158 Å². The van der Waals surface area contributed by atoms with E-state index in [9.17, 15) is 18.3 Å². The van der Waals surface area contributed by atoms with Crippen LogP contribution in [0.15, 0.2) is 84.9 Å². The van der Waals surface area contributed by atoms with E-state index in [1.807, 2.05) is 30.3 Å². The Morgan fingerprint density at radius 3 is 2.43 bits per heavy atom. The van der Waals surface area contributed by atoms with Crippen LogP contribution in [0.1, 0.15) is 11.3 Å². The van der Waals surface area contributed by atoms with Crippen LogP contribution in [0.25, 0.3) is 11.4 Å². The fourth-order valence-electron chi connectivity index (χ4n) is 2.90. The van der Waals surface area contributed by atoms with Gasteiger partial charge in [-0.1, -0.05) is 24.3 Å². The van der Waals surface area contributed by atoms with E-state index < -0.39 is 11.7 Å². The second-order valence-corrected chi connectivity index (χ2v) is 6.11. The van der Waals surface area contributed by atoms with E-state index in [2.05, 4.69) is 10.5 Å². The number of hydrogen-bond donors (Lipinski definition) is 2. The lowest BCUT2D eigenvalue weighted by atomic mass is 10.2. The number of hydrazine groups is 1. The van der Waals surface area contributed by atoms with Crippen LogP contribution in [-0.4, -0.2) is 14.9 Å². The largest absolute Gasteiger partial charge is 0.506 e. The number of aliphatic hydroxyl groups excluding tert-OH is 1. The zero-order valence-corrected chi connectivity index (χ0v) is 14.4. The highest BCUT2D eigenvalue weighted by atomic mass is 19.4. The number of hydrogen-bond acceptors (Lipinski definition) is 4. The van der Waals surface area contributed by atoms with Gasteiger partial charge < -0.3 is 5.11 Å². The molecular formula is C20H15F3N4O. The first-order valence-electron chi connectivity index (χ1n) is 8.37. The van der Waals surface area contributed by atoms with Gasteiger partial charge in [-0.25, -0.2) is 4.68 Å². The Morgan fingerprint density at radius 2 is 1.68 bits per heavy atom. The molecule has 3 aromatic rings. The van der Waals surface area contributed by atoms with Gasteiger partial charge in [0.2, 0.25) is 0 Å². The van der Waals surface area contributed by atoms with Crippen molar-refractivity contribution in [1.29, 1.82) is 0 Å². The third-order valence-corrected chi connectivity index (χ3v) is 4.17. The number of aliphatic hydroxyl groups is 1. The molecule has 0 saturated carbocycles. The molecule has 28 heavy (non-hydrogen) atoms. The minimum Gasteiger partial charge on any atom is -0.506 e. The minimum absolute atomic E-state index is 0.105. The number of halogens is 3. The highest BCUT2D eigenvalue weighted by molar-refractivity contribution is 5.70. The quantitative estimate of drug-likeness (QED) is 0.690. The summed E-state index contributed by atoms with van der Waals surface area (Å²) in [5.74, 6) is -0.105. The summed E-state index contributed by atoms with van der Waals surface area (Å²) in [4.78, 5) is 0. The number of allylic oxidation sites excluding steroid dienone is 1. The van der Waals surface area contributed by atoms with Crippen LogP contribution in [0, 0.1) is 0 Å². The van der Waals surface area contributed by atoms with Crippen molar-refractivity contribution < 1.29 is 18.3 Å². The average molecular weight is 384 g/mol. The van der Waals surface area contributed by atoms with Crippen molar-refractivity contribution in [2.24, 2.45) is 0 Å². The zero-order chi connectivity index (χ0) is 19.7. The Kier molecular flexibility index (Phi) is 4.31. The lowest BCUT2D eigenvalue weighted by Crippen LogP contribution is -2.35. The minimum atomic E-state index is -4.46. The number of aromatic nitrogens is 2. The third-order valence-electron chi connectivity index (χ3n) is 4.17. The Morgan fingerprint density at radius 1 is 0.929 bits per heavy atom. The molecule has 0 bridgehead atoms. The van der Waals surface area contributed by atoms with Gasteiger partial charge in [0.1, 0.15) is 5.76 Å². The Balaban J connectivity index is 1.68. The van der Waals surface area contributed by atoms with E-state index >= 15 is 0 Å². The van der Waals surface area contributed by atoms with Crippen molar-refractivity contribution in [3.8, 4) is 5.69 Å². The van der Waals surface area contributed by atoms with Gasteiger partial charge >= 0.3 is 6.18 Å². The van der Waals surface area contributed by atoms with Crippen LogP contribution in [0.2, 0.25) is 0 Å². The summed E-state index contributed by atoms with van der Waals surface area (Å²) >= 11 is 0. The van der Waals surface area contributed by atoms with Crippen molar-refractivity contribution >= 4 is 11.4 Å². The fraction of sp³-hybridized carbons (Fsp3) is 0.0500. The number of para-hydroxylation sites is 1. The SMILES string of the molecule is OC1=CN(c2cccc(C(F)(F)F)c2)NC(c2ccnn2-c2ccccc2)=C1. The molecule has 1 aliphatic rings. The molecule has 2 heterocycles. The molecule has 0 saturated heterocycles. The van der Waals surface area contributed by atoms with Gasteiger partial charge in [-0.3, -0.25) is 10.4 Å². The topological polar surface area (TPSA) is 53.3 Å². The molecule has 2 N–H and O–H groups in total. The van der Waals surface area contributed by atoms with Gasteiger partial charge in [-0.2, -0.15) is 18.3 Å². The normalized spacial score (nSPS) is 14.3. The summed E-state index contributed by atoms with van der Waals surface area (Å²) in [6.45, 7) is 0. The van der Waals surface area contributed by atoms with E-state index in [1.54, 1.807) is 16.9 Å². The van der Waals surface area contributed by atoms with Crippen LogP contribution in [0.3, 0.4) is 0 Å². The van der Waals surface area contributed by atoms with Crippen LogP contribution in [0.4, 0.5) is 18.9 Å². The molecular weight excluding hydrogens is 369 g/mol. The maximum atomic E-state index is 13.0. The van der Waals surface area contributed by atoms with Gasteiger partial charge in [0.25, 0.3) is 0 Å².